The van der Waals surface area contributed by atoms with E-state index in [1.807, 2.05) is 0 Å². The van der Waals surface area contributed by atoms with Crippen LogP contribution in [0.25, 0.3) is 0 Å². The molecule has 8 heteroatoms. The van der Waals surface area contributed by atoms with Crippen molar-refractivity contribution < 1.29 is 13.2 Å². The zero-order chi connectivity index (χ0) is 21.4. The number of sulfonamides is 1. The molecule has 1 aromatic heterocycles. The van der Waals surface area contributed by atoms with Crippen molar-refractivity contribution in [3.63, 3.8) is 0 Å². The molecule has 0 radical (unpaired) electrons. The van der Waals surface area contributed by atoms with Gasteiger partial charge >= 0.3 is 0 Å². The Labute approximate surface area is 175 Å². The molecule has 0 fully saturated rings. The minimum absolute atomic E-state index is 0.0897. The van der Waals surface area contributed by atoms with Crippen LogP contribution in [-0.4, -0.2) is 23.8 Å². The van der Waals surface area contributed by atoms with Crippen LogP contribution in [0, 0.1) is 0 Å². The van der Waals surface area contributed by atoms with Crippen molar-refractivity contribution >= 4 is 33.1 Å². The molecular weight excluding hydrogens is 410 g/mol. The number of imidazole rings is 1. The molecule has 29 heavy (non-hydrogen) atoms. The maximum Gasteiger partial charge on any atom is 0.261 e. The second-order valence-corrected chi connectivity index (χ2v) is 9.88. The van der Waals surface area contributed by atoms with Gasteiger partial charge in [0.15, 0.2) is 5.82 Å². The maximum atomic E-state index is 12.9. The van der Waals surface area contributed by atoms with Crippen molar-refractivity contribution in [3.8, 4) is 0 Å². The van der Waals surface area contributed by atoms with Crippen LogP contribution < -0.4 is 4.72 Å². The van der Waals surface area contributed by atoms with E-state index in [0.717, 1.165) is 5.56 Å². The number of benzene rings is 2. The first-order chi connectivity index (χ1) is 13.5. The minimum Gasteiger partial charge on any atom is -0.331 e. The van der Waals surface area contributed by atoms with Gasteiger partial charge in [-0.1, -0.05) is 44.5 Å². The number of carbonyl (C=O) groups excluding carboxylic acids is 1. The van der Waals surface area contributed by atoms with Gasteiger partial charge in [0.25, 0.3) is 10.0 Å². The summed E-state index contributed by atoms with van der Waals surface area (Å²) >= 11 is 6.05. The fourth-order valence-corrected chi connectivity index (χ4v) is 4.09. The predicted octanol–water partition coefficient (Wildman–Crippen LogP) is 4.40. The van der Waals surface area contributed by atoms with Crippen LogP contribution >= 0.6 is 11.6 Å². The molecule has 0 amide bonds. The molecule has 0 spiro atoms. The van der Waals surface area contributed by atoms with Crippen LogP contribution in [-0.2, 0) is 22.5 Å². The Hall–Kier alpha value is -2.64. The molecule has 0 bridgehead atoms. The number of hydrogen-bond donors (Lipinski definition) is 1. The second-order valence-electron chi connectivity index (χ2n) is 7.76. The molecule has 6 nitrogen and oxygen atoms in total. The monoisotopic (exact) mass is 431 g/mol. The average molecular weight is 432 g/mol. The standard InChI is InChI=1S/C21H22ClN3O3S/c1-21(2,3)14-5-8-16(9-6-14)29(27,28)24-18-10-7-15(22)13-17(18)19(26)20-23-11-12-25(20)4/h5-13,24H,1-4H3. The van der Waals surface area contributed by atoms with Gasteiger partial charge in [-0.15, -0.1) is 0 Å². The fourth-order valence-electron chi connectivity index (χ4n) is 2.84. The van der Waals surface area contributed by atoms with Crippen molar-refractivity contribution in [1.29, 1.82) is 0 Å². The van der Waals surface area contributed by atoms with E-state index >= 15 is 0 Å². The van der Waals surface area contributed by atoms with E-state index in [-0.39, 0.29) is 27.4 Å². The summed E-state index contributed by atoms with van der Waals surface area (Å²) in [5.74, 6) is -0.247. The lowest BCUT2D eigenvalue weighted by atomic mass is 9.87. The van der Waals surface area contributed by atoms with E-state index in [1.165, 1.54) is 24.4 Å². The summed E-state index contributed by atoms with van der Waals surface area (Å²) in [6, 6.07) is 11.1. The number of hydrogen-bond acceptors (Lipinski definition) is 4. The van der Waals surface area contributed by atoms with Gasteiger partial charge in [0.1, 0.15) is 0 Å². The Bertz CT molecular complexity index is 1160. The third-order valence-corrected chi connectivity index (χ3v) is 6.14. The minimum atomic E-state index is -3.90. The highest BCUT2D eigenvalue weighted by Crippen LogP contribution is 2.27. The molecule has 152 valence electrons. The Morgan fingerprint density at radius 2 is 1.76 bits per heavy atom. The van der Waals surface area contributed by atoms with Crippen LogP contribution in [0.4, 0.5) is 5.69 Å². The van der Waals surface area contributed by atoms with E-state index in [9.17, 15) is 13.2 Å². The van der Waals surface area contributed by atoms with Crippen LogP contribution in [0.5, 0.6) is 0 Å². The van der Waals surface area contributed by atoms with E-state index in [4.69, 9.17) is 11.6 Å². The van der Waals surface area contributed by atoms with Crippen LogP contribution in [0.1, 0.15) is 42.5 Å². The molecule has 0 aliphatic carbocycles. The molecule has 3 rings (SSSR count). The van der Waals surface area contributed by atoms with Gasteiger partial charge in [0.05, 0.1) is 16.1 Å². The average Bonchev–Trinajstić information content (AvgIpc) is 3.08. The molecule has 2 aromatic carbocycles. The number of rotatable bonds is 5. The summed E-state index contributed by atoms with van der Waals surface area (Å²) in [5, 5.41) is 0.319. The van der Waals surface area contributed by atoms with E-state index in [2.05, 4.69) is 30.5 Å². The molecule has 0 aliphatic rings. The van der Waals surface area contributed by atoms with Gasteiger partial charge < -0.3 is 4.57 Å². The first-order valence-electron chi connectivity index (χ1n) is 8.94. The van der Waals surface area contributed by atoms with Crippen LogP contribution in [0.3, 0.4) is 0 Å². The van der Waals surface area contributed by atoms with Crippen molar-refractivity contribution in [3.05, 3.63) is 76.8 Å². The first-order valence-corrected chi connectivity index (χ1v) is 10.8. The molecule has 0 aliphatic heterocycles. The molecule has 1 heterocycles. The number of nitrogens with zero attached hydrogens (tertiary/aromatic N) is 2. The summed E-state index contributed by atoms with van der Waals surface area (Å²) < 4.78 is 29.9. The number of carbonyl (C=O) groups is 1. The van der Waals surface area contributed by atoms with Crippen LogP contribution in [0.2, 0.25) is 5.02 Å². The topological polar surface area (TPSA) is 81.1 Å². The molecule has 0 atom stereocenters. The summed E-state index contributed by atoms with van der Waals surface area (Å²) in [4.78, 5) is 17.1. The number of anilines is 1. The van der Waals surface area contributed by atoms with E-state index in [0.29, 0.717) is 5.02 Å². The second kappa shape index (κ2) is 7.65. The highest BCUT2D eigenvalue weighted by Gasteiger charge is 2.23. The number of ketones is 1. The smallest absolute Gasteiger partial charge is 0.261 e. The molecule has 3 aromatic rings. The van der Waals surface area contributed by atoms with E-state index < -0.39 is 15.8 Å². The number of halogens is 1. The summed E-state index contributed by atoms with van der Waals surface area (Å²) in [6.07, 6.45) is 3.14. The Balaban J connectivity index is 1.97. The zero-order valence-corrected chi connectivity index (χ0v) is 18.2. The van der Waals surface area contributed by atoms with Gasteiger partial charge in [-0.2, -0.15) is 0 Å². The Morgan fingerprint density at radius 3 is 2.31 bits per heavy atom. The molecule has 0 saturated heterocycles. The number of aromatic nitrogens is 2. The largest absolute Gasteiger partial charge is 0.331 e. The van der Waals surface area contributed by atoms with Gasteiger partial charge in [0.2, 0.25) is 5.78 Å². The van der Waals surface area contributed by atoms with Crippen molar-refractivity contribution in [1.82, 2.24) is 9.55 Å². The molecule has 0 unspecified atom stereocenters. The quantitative estimate of drug-likeness (QED) is 0.607. The number of nitrogens with one attached hydrogen (secondary N) is 1. The lowest BCUT2D eigenvalue weighted by molar-refractivity contribution is 0.102. The highest BCUT2D eigenvalue weighted by atomic mass is 35.5. The lowest BCUT2D eigenvalue weighted by Crippen LogP contribution is -2.18. The highest BCUT2D eigenvalue weighted by molar-refractivity contribution is 7.92. The summed E-state index contributed by atoms with van der Waals surface area (Å²) in [6.45, 7) is 6.16. The Morgan fingerprint density at radius 1 is 1.10 bits per heavy atom. The van der Waals surface area contributed by atoms with Crippen molar-refractivity contribution in [2.24, 2.45) is 7.05 Å². The SMILES string of the molecule is Cn1ccnc1C(=O)c1cc(Cl)ccc1NS(=O)(=O)c1ccc(C(C)(C)C)cc1. The molecule has 1 N–H and O–H groups in total. The Kier molecular flexibility index (Phi) is 5.56. The zero-order valence-electron chi connectivity index (χ0n) is 16.6. The third-order valence-electron chi connectivity index (χ3n) is 4.53. The number of aryl methyl sites for hydroxylation is 1. The van der Waals surface area contributed by atoms with Gasteiger partial charge in [-0.3, -0.25) is 9.52 Å². The third kappa shape index (κ3) is 4.52. The van der Waals surface area contributed by atoms with Gasteiger partial charge in [0, 0.05) is 24.5 Å². The summed E-state index contributed by atoms with van der Waals surface area (Å²) in [5.41, 5.74) is 1.20. The molecular formula is C21H22ClN3O3S. The maximum absolute atomic E-state index is 12.9. The van der Waals surface area contributed by atoms with Crippen LogP contribution in [0.15, 0.2) is 59.8 Å². The van der Waals surface area contributed by atoms with Gasteiger partial charge in [-0.25, -0.2) is 13.4 Å². The van der Waals surface area contributed by atoms with Gasteiger partial charge in [-0.05, 0) is 41.3 Å². The van der Waals surface area contributed by atoms with Crippen molar-refractivity contribution in [2.75, 3.05) is 4.72 Å². The summed E-state index contributed by atoms with van der Waals surface area (Å²) in [7, 11) is -2.21. The predicted molar refractivity (Wildman–Crippen MR) is 114 cm³/mol. The van der Waals surface area contributed by atoms with E-state index in [1.54, 1.807) is 42.1 Å². The molecule has 0 saturated carbocycles. The van der Waals surface area contributed by atoms with Crippen molar-refractivity contribution in [2.45, 2.75) is 31.1 Å². The first kappa shape index (κ1) is 21.1. The fraction of sp³-hybridized carbons (Fsp3) is 0.238. The lowest BCUT2D eigenvalue weighted by Gasteiger charge is -2.19. The normalized spacial score (nSPS) is 12.0.